The van der Waals surface area contributed by atoms with Gasteiger partial charge in [0.25, 0.3) is 5.91 Å². The van der Waals surface area contributed by atoms with E-state index in [1.165, 1.54) is 0 Å². The van der Waals surface area contributed by atoms with Gasteiger partial charge in [-0.15, -0.1) is 0 Å². The molecular weight excluding hydrogens is 238 g/mol. The Kier molecular flexibility index (Phi) is 4.29. The highest BCUT2D eigenvalue weighted by Gasteiger charge is 2.21. The molecule has 0 aliphatic rings. The van der Waals surface area contributed by atoms with Crippen LogP contribution < -0.4 is 5.32 Å². The fourth-order valence-electron chi connectivity index (χ4n) is 1.17. The molecule has 0 fully saturated rings. The lowest BCUT2D eigenvalue weighted by Gasteiger charge is -2.16. The molecule has 0 aliphatic heterocycles. The van der Waals surface area contributed by atoms with Gasteiger partial charge < -0.3 is 5.32 Å². The van der Waals surface area contributed by atoms with Gasteiger partial charge >= 0.3 is 0 Å². The number of Topliss-reactive ketones (excluding diaryl/α,β-unsaturated/α-hetero) is 1. The minimum absolute atomic E-state index is 0.0158. The zero-order valence-electron chi connectivity index (χ0n) is 10.2. The third-order valence-corrected chi connectivity index (χ3v) is 2.69. The van der Waals surface area contributed by atoms with Crippen molar-refractivity contribution in [1.29, 1.82) is 0 Å². The van der Waals surface area contributed by atoms with Crippen LogP contribution in [0.3, 0.4) is 0 Å². The van der Waals surface area contributed by atoms with E-state index in [2.05, 4.69) is 5.32 Å². The molecule has 17 heavy (non-hydrogen) atoms. The molecule has 1 aromatic rings. The van der Waals surface area contributed by atoms with Crippen LogP contribution in [0.25, 0.3) is 0 Å². The lowest BCUT2D eigenvalue weighted by atomic mass is 9.91. The Bertz CT molecular complexity index is 435. The Labute approximate surface area is 106 Å². The third-order valence-electron chi connectivity index (χ3n) is 2.36. The van der Waals surface area contributed by atoms with Gasteiger partial charge in [-0.3, -0.25) is 9.59 Å². The van der Waals surface area contributed by atoms with Crippen molar-refractivity contribution in [1.82, 2.24) is 5.32 Å². The molecule has 1 aromatic carbocycles. The van der Waals surface area contributed by atoms with Gasteiger partial charge in [-0.1, -0.05) is 44.5 Å². The third kappa shape index (κ3) is 3.86. The predicted octanol–water partition coefficient (Wildman–Crippen LogP) is 2.69. The molecule has 92 valence electrons. The van der Waals surface area contributed by atoms with Crippen LogP contribution in [-0.4, -0.2) is 18.2 Å². The summed E-state index contributed by atoms with van der Waals surface area (Å²) in [6, 6.07) is 6.74. The van der Waals surface area contributed by atoms with Gasteiger partial charge in [0.15, 0.2) is 5.78 Å². The number of halogens is 1. The highest BCUT2D eigenvalue weighted by Crippen LogP contribution is 2.16. The maximum Gasteiger partial charge on any atom is 0.253 e. The van der Waals surface area contributed by atoms with E-state index in [0.717, 1.165) is 0 Å². The number of benzene rings is 1. The van der Waals surface area contributed by atoms with Crippen molar-refractivity contribution in [2.24, 2.45) is 5.41 Å². The highest BCUT2D eigenvalue weighted by molar-refractivity contribution is 6.33. The van der Waals surface area contributed by atoms with Crippen LogP contribution in [0.2, 0.25) is 5.02 Å². The Balaban J connectivity index is 2.63. The van der Waals surface area contributed by atoms with Gasteiger partial charge in [-0.25, -0.2) is 0 Å². The summed E-state index contributed by atoms with van der Waals surface area (Å²) >= 11 is 5.88. The standard InChI is InChI=1S/C13H16ClNO2/c1-13(2,3)11(16)8-15-12(17)9-6-4-5-7-10(9)14/h4-7H,8H2,1-3H3,(H,15,17). The second-order valence-electron chi connectivity index (χ2n) is 4.84. The van der Waals surface area contributed by atoms with Crippen LogP contribution in [-0.2, 0) is 4.79 Å². The van der Waals surface area contributed by atoms with E-state index in [-0.39, 0.29) is 18.2 Å². The van der Waals surface area contributed by atoms with E-state index >= 15 is 0 Å². The molecule has 0 saturated heterocycles. The molecule has 1 N–H and O–H groups in total. The number of nitrogens with one attached hydrogen (secondary N) is 1. The number of carbonyl (C=O) groups excluding carboxylic acids is 2. The van der Waals surface area contributed by atoms with Crippen LogP contribution >= 0.6 is 11.6 Å². The summed E-state index contributed by atoms with van der Waals surface area (Å²) in [6.07, 6.45) is 0. The zero-order chi connectivity index (χ0) is 13.1. The summed E-state index contributed by atoms with van der Waals surface area (Å²) in [5, 5.41) is 2.96. The fraction of sp³-hybridized carbons (Fsp3) is 0.385. The smallest absolute Gasteiger partial charge is 0.253 e. The summed E-state index contributed by atoms with van der Waals surface area (Å²) in [5.74, 6) is -0.342. The average molecular weight is 254 g/mol. The molecule has 3 nitrogen and oxygen atoms in total. The number of hydrogen-bond acceptors (Lipinski definition) is 2. The number of ketones is 1. The van der Waals surface area contributed by atoms with Crippen LogP contribution in [0.1, 0.15) is 31.1 Å². The summed E-state index contributed by atoms with van der Waals surface area (Å²) < 4.78 is 0. The van der Waals surface area contributed by atoms with Gasteiger partial charge in [0, 0.05) is 5.41 Å². The maximum absolute atomic E-state index is 11.7. The topological polar surface area (TPSA) is 46.2 Å². The molecule has 0 heterocycles. The largest absolute Gasteiger partial charge is 0.345 e. The van der Waals surface area contributed by atoms with Crippen LogP contribution in [0.15, 0.2) is 24.3 Å². The van der Waals surface area contributed by atoms with Gasteiger partial charge in [0.2, 0.25) is 0 Å². The molecule has 0 aliphatic carbocycles. The molecule has 4 heteroatoms. The average Bonchev–Trinajstić information content (AvgIpc) is 2.24. The minimum Gasteiger partial charge on any atom is -0.345 e. The van der Waals surface area contributed by atoms with E-state index in [1.54, 1.807) is 24.3 Å². The molecule has 0 atom stereocenters. The first-order valence-corrected chi connectivity index (χ1v) is 5.76. The Morgan fingerprint density at radius 2 is 1.82 bits per heavy atom. The van der Waals surface area contributed by atoms with Crippen LogP contribution in [0.5, 0.6) is 0 Å². The van der Waals surface area contributed by atoms with Gasteiger partial charge in [0.1, 0.15) is 0 Å². The van der Waals surface area contributed by atoms with Crippen molar-refractivity contribution in [3.05, 3.63) is 34.9 Å². The Morgan fingerprint density at radius 3 is 2.35 bits per heavy atom. The molecule has 0 unspecified atom stereocenters. The molecular formula is C13H16ClNO2. The second-order valence-corrected chi connectivity index (χ2v) is 5.24. The van der Waals surface area contributed by atoms with Crippen molar-refractivity contribution in [3.8, 4) is 0 Å². The van der Waals surface area contributed by atoms with Gasteiger partial charge in [-0.2, -0.15) is 0 Å². The van der Waals surface area contributed by atoms with Crippen molar-refractivity contribution in [2.75, 3.05) is 6.54 Å². The van der Waals surface area contributed by atoms with Crippen molar-refractivity contribution in [2.45, 2.75) is 20.8 Å². The van der Waals surface area contributed by atoms with E-state index in [1.807, 2.05) is 20.8 Å². The summed E-state index contributed by atoms with van der Waals surface area (Å²) in [4.78, 5) is 23.4. The van der Waals surface area contributed by atoms with E-state index in [4.69, 9.17) is 11.6 Å². The first-order valence-electron chi connectivity index (χ1n) is 5.38. The molecule has 1 rings (SSSR count). The summed E-state index contributed by atoms with van der Waals surface area (Å²) in [6.45, 7) is 5.47. The zero-order valence-corrected chi connectivity index (χ0v) is 11.0. The number of carbonyl (C=O) groups is 2. The maximum atomic E-state index is 11.7. The molecule has 0 radical (unpaired) electrons. The molecule has 1 amide bonds. The van der Waals surface area contributed by atoms with Crippen LogP contribution in [0, 0.1) is 5.41 Å². The van der Waals surface area contributed by atoms with Gasteiger partial charge in [0.05, 0.1) is 17.1 Å². The SMILES string of the molecule is CC(C)(C)C(=O)CNC(=O)c1ccccc1Cl. The lowest BCUT2D eigenvalue weighted by molar-refractivity contribution is -0.125. The van der Waals surface area contributed by atoms with Crippen molar-refractivity contribution < 1.29 is 9.59 Å². The second kappa shape index (κ2) is 5.32. The molecule has 0 bridgehead atoms. The first-order chi connectivity index (χ1) is 7.82. The lowest BCUT2D eigenvalue weighted by Crippen LogP contribution is -2.35. The fourth-order valence-corrected chi connectivity index (χ4v) is 1.39. The Hall–Kier alpha value is -1.35. The quantitative estimate of drug-likeness (QED) is 0.900. The monoisotopic (exact) mass is 253 g/mol. The normalized spacial score (nSPS) is 11.1. The molecule has 0 aromatic heterocycles. The minimum atomic E-state index is -0.451. The summed E-state index contributed by atoms with van der Waals surface area (Å²) in [7, 11) is 0. The number of hydrogen-bond donors (Lipinski definition) is 1. The Morgan fingerprint density at radius 1 is 1.24 bits per heavy atom. The number of rotatable bonds is 3. The highest BCUT2D eigenvalue weighted by atomic mass is 35.5. The summed E-state index contributed by atoms with van der Waals surface area (Å²) in [5.41, 5.74) is -0.0656. The van der Waals surface area contributed by atoms with Gasteiger partial charge in [-0.05, 0) is 12.1 Å². The predicted molar refractivity (Wildman–Crippen MR) is 68.2 cm³/mol. The number of amides is 1. The van der Waals surface area contributed by atoms with E-state index < -0.39 is 5.41 Å². The first kappa shape index (κ1) is 13.7. The van der Waals surface area contributed by atoms with Crippen molar-refractivity contribution >= 4 is 23.3 Å². The van der Waals surface area contributed by atoms with Crippen molar-refractivity contribution in [3.63, 3.8) is 0 Å². The van der Waals surface area contributed by atoms with E-state index in [9.17, 15) is 9.59 Å². The van der Waals surface area contributed by atoms with Crippen LogP contribution in [0.4, 0.5) is 0 Å². The van der Waals surface area contributed by atoms with E-state index in [0.29, 0.717) is 10.6 Å². The molecule has 0 saturated carbocycles. The molecule has 0 spiro atoms.